The minimum Gasteiger partial charge on any atom is -0.495 e. The van der Waals surface area contributed by atoms with Gasteiger partial charge < -0.3 is 15.4 Å². The molecule has 0 saturated heterocycles. The number of carbonyl (C=O) groups is 1. The van der Waals surface area contributed by atoms with E-state index in [0.29, 0.717) is 27.7 Å². The van der Waals surface area contributed by atoms with Gasteiger partial charge in [-0.2, -0.15) is 13.2 Å². The van der Waals surface area contributed by atoms with Gasteiger partial charge in [0, 0.05) is 16.9 Å². The third kappa shape index (κ3) is 5.17. The number of hydrogen-bond donors (Lipinski definition) is 2. The average Bonchev–Trinajstić information content (AvgIpc) is 2.70. The molecule has 3 aromatic rings. The van der Waals surface area contributed by atoms with Crippen molar-refractivity contribution in [3.8, 4) is 5.75 Å². The fraction of sp³-hybridized carbons (Fsp3) is 0.0952. The second kappa shape index (κ2) is 8.85. The third-order valence-electron chi connectivity index (χ3n) is 4.11. The maximum absolute atomic E-state index is 13.0. The van der Waals surface area contributed by atoms with E-state index in [9.17, 15) is 18.0 Å². The zero-order valence-electron chi connectivity index (χ0n) is 15.5. The molecule has 0 atom stereocenters. The Morgan fingerprint density at radius 2 is 1.70 bits per heavy atom. The van der Waals surface area contributed by atoms with Gasteiger partial charge in [0.1, 0.15) is 5.75 Å². The molecule has 0 aromatic heterocycles. The first-order valence-electron chi connectivity index (χ1n) is 8.56. The Balaban J connectivity index is 1.85. The second-order valence-corrected chi connectivity index (χ2v) is 7.02. The number of carbonyl (C=O) groups excluding carboxylic acids is 1. The quantitative estimate of drug-likeness (QED) is 0.435. The highest BCUT2D eigenvalue weighted by atomic mass is 35.5. The molecule has 9 heteroatoms. The summed E-state index contributed by atoms with van der Waals surface area (Å²) in [7, 11) is 1.43. The predicted molar refractivity (Wildman–Crippen MR) is 112 cm³/mol. The smallest absolute Gasteiger partial charge is 0.416 e. The van der Waals surface area contributed by atoms with Crippen LogP contribution in [0.3, 0.4) is 0 Å². The Bertz CT molecular complexity index is 1090. The van der Waals surface area contributed by atoms with Crippen LogP contribution < -0.4 is 15.4 Å². The van der Waals surface area contributed by atoms with Crippen LogP contribution >= 0.6 is 23.2 Å². The number of halogens is 5. The topological polar surface area (TPSA) is 50.4 Å². The first kappa shape index (κ1) is 21.8. The number of ether oxygens (including phenoxy) is 1. The molecule has 2 N–H and O–H groups in total. The molecule has 0 spiro atoms. The highest BCUT2D eigenvalue weighted by Crippen LogP contribution is 2.34. The molecule has 3 rings (SSSR count). The molecule has 0 heterocycles. The summed E-state index contributed by atoms with van der Waals surface area (Å²) in [6.07, 6.45) is -4.46. The van der Waals surface area contributed by atoms with Crippen molar-refractivity contribution in [2.75, 3.05) is 17.7 Å². The summed E-state index contributed by atoms with van der Waals surface area (Å²) in [6, 6.07) is 14.0. The first-order chi connectivity index (χ1) is 14.2. The van der Waals surface area contributed by atoms with Gasteiger partial charge in [-0.3, -0.25) is 4.79 Å². The van der Waals surface area contributed by atoms with Crippen LogP contribution in [0.5, 0.6) is 5.75 Å². The Kier molecular flexibility index (Phi) is 6.43. The van der Waals surface area contributed by atoms with Crippen LogP contribution in [0.1, 0.15) is 15.9 Å². The fourth-order valence-electron chi connectivity index (χ4n) is 2.65. The van der Waals surface area contributed by atoms with E-state index >= 15 is 0 Å². The number of hydrogen-bond acceptors (Lipinski definition) is 3. The Labute approximate surface area is 180 Å². The van der Waals surface area contributed by atoms with Crippen LogP contribution in [0.4, 0.5) is 30.2 Å². The van der Waals surface area contributed by atoms with E-state index in [0.717, 1.165) is 12.1 Å². The zero-order valence-corrected chi connectivity index (χ0v) is 17.0. The van der Waals surface area contributed by atoms with Gasteiger partial charge in [0.05, 0.1) is 28.4 Å². The van der Waals surface area contributed by atoms with E-state index in [1.807, 2.05) is 0 Å². The monoisotopic (exact) mass is 454 g/mol. The van der Waals surface area contributed by atoms with Gasteiger partial charge >= 0.3 is 6.18 Å². The summed E-state index contributed by atoms with van der Waals surface area (Å²) >= 11 is 11.8. The number of methoxy groups -OCH3 is 1. The summed E-state index contributed by atoms with van der Waals surface area (Å²) < 4.78 is 44.1. The van der Waals surface area contributed by atoms with Crippen LogP contribution in [-0.4, -0.2) is 13.0 Å². The van der Waals surface area contributed by atoms with Gasteiger partial charge in [0.2, 0.25) is 0 Å². The van der Waals surface area contributed by atoms with E-state index in [-0.39, 0.29) is 10.7 Å². The molecule has 1 amide bonds. The third-order valence-corrected chi connectivity index (χ3v) is 4.85. The molecule has 0 aliphatic heterocycles. The van der Waals surface area contributed by atoms with Crippen molar-refractivity contribution in [1.82, 2.24) is 0 Å². The van der Waals surface area contributed by atoms with E-state index in [1.54, 1.807) is 18.2 Å². The maximum atomic E-state index is 13.0. The maximum Gasteiger partial charge on any atom is 0.416 e. The van der Waals surface area contributed by atoms with Crippen LogP contribution in [-0.2, 0) is 6.18 Å². The molecule has 30 heavy (non-hydrogen) atoms. The normalized spacial score (nSPS) is 11.1. The number of alkyl halides is 3. The summed E-state index contributed by atoms with van der Waals surface area (Å²) in [5, 5.41) is 6.16. The molecule has 0 saturated carbocycles. The molecular weight excluding hydrogens is 440 g/mol. The molecule has 0 radical (unpaired) electrons. The largest absolute Gasteiger partial charge is 0.495 e. The minimum atomic E-state index is -4.46. The van der Waals surface area contributed by atoms with E-state index < -0.39 is 17.6 Å². The molecule has 0 unspecified atom stereocenters. The number of amides is 1. The van der Waals surface area contributed by atoms with E-state index in [1.165, 1.54) is 37.4 Å². The van der Waals surface area contributed by atoms with Crippen LogP contribution in [0.2, 0.25) is 10.0 Å². The van der Waals surface area contributed by atoms with Gasteiger partial charge in [-0.15, -0.1) is 0 Å². The van der Waals surface area contributed by atoms with E-state index in [2.05, 4.69) is 10.6 Å². The molecule has 0 bridgehead atoms. The number of rotatable bonds is 5. The van der Waals surface area contributed by atoms with Crippen molar-refractivity contribution in [1.29, 1.82) is 0 Å². The highest BCUT2D eigenvalue weighted by molar-refractivity contribution is 6.42. The second-order valence-electron chi connectivity index (χ2n) is 6.20. The fourth-order valence-corrected chi connectivity index (χ4v) is 2.95. The lowest BCUT2D eigenvalue weighted by atomic mass is 10.1. The molecular formula is C21H15Cl2F3N2O2. The molecule has 156 valence electrons. The lowest BCUT2D eigenvalue weighted by Crippen LogP contribution is -2.12. The molecule has 0 fully saturated rings. The first-order valence-corrected chi connectivity index (χ1v) is 9.31. The minimum absolute atomic E-state index is 0.219. The van der Waals surface area contributed by atoms with Gasteiger partial charge in [0.15, 0.2) is 0 Å². The molecule has 0 aliphatic rings. The van der Waals surface area contributed by atoms with Gasteiger partial charge in [-0.1, -0.05) is 29.3 Å². The number of nitrogens with one attached hydrogen (secondary N) is 2. The van der Waals surface area contributed by atoms with Crippen LogP contribution in [0.15, 0.2) is 60.7 Å². The van der Waals surface area contributed by atoms with Crippen molar-refractivity contribution >= 4 is 46.2 Å². The lowest BCUT2D eigenvalue weighted by Gasteiger charge is -2.15. The highest BCUT2D eigenvalue weighted by Gasteiger charge is 2.30. The lowest BCUT2D eigenvalue weighted by molar-refractivity contribution is -0.137. The Morgan fingerprint density at radius 3 is 2.37 bits per heavy atom. The zero-order chi connectivity index (χ0) is 21.9. The van der Waals surface area contributed by atoms with Gasteiger partial charge in [0.25, 0.3) is 5.91 Å². The summed E-state index contributed by atoms with van der Waals surface area (Å²) in [5.41, 5.74) is 0.518. The van der Waals surface area contributed by atoms with Crippen molar-refractivity contribution in [3.63, 3.8) is 0 Å². The number of anilines is 3. The summed E-state index contributed by atoms with van der Waals surface area (Å²) in [5.74, 6) is -0.0382. The summed E-state index contributed by atoms with van der Waals surface area (Å²) in [6.45, 7) is 0. The van der Waals surface area contributed by atoms with Crippen molar-refractivity contribution in [2.24, 2.45) is 0 Å². The molecule has 4 nitrogen and oxygen atoms in total. The van der Waals surface area contributed by atoms with Crippen molar-refractivity contribution < 1.29 is 22.7 Å². The van der Waals surface area contributed by atoms with Gasteiger partial charge in [-0.25, -0.2) is 0 Å². The average molecular weight is 455 g/mol. The number of benzene rings is 3. The van der Waals surface area contributed by atoms with Gasteiger partial charge in [-0.05, 0) is 54.6 Å². The Morgan fingerprint density at radius 1 is 0.933 bits per heavy atom. The van der Waals surface area contributed by atoms with Crippen LogP contribution in [0.25, 0.3) is 0 Å². The molecule has 3 aromatic carbocycles. The SMILES string of the molecule is COc1ccc(NC(=O)c2ccc(Cl)c(Cl)c2)cc1Nc1cccc(C(F)(F)F)c1. The van der Waals surface area contributed by atoms with Crippen LogP contribution in [0, 0.1) is 0 Å². The standard InChI is InChI=1S/C21H15Cl2F3N2O2/c1-30-19-8-6-15(28-20(29)12-5-7-16(22)17(23)9-12)11-18(19)27-14-4-2-3-13(10-14)21(24,25)26/h2-11,27H,1H3,(H,28,29). The predicted octanol–water partition coefficient (Wildman–Crippen LogP) is 7.02. The van der Waals surface area contributed by atoms with E-state index in [4.69, 9.17) is 27.9 Å². The van der Waals surface area contributed by atoms with Crippen molar-refractivity contribution in [3.05, 3.63) is 81.8 Å². The van der Waals surface area contributed by atoms with Crippen molar-refractivity contribution in [2.45, 2.75) is 6.18 Å². The Hall–Kier alpha value is -2.90. The summed E-state index contributed by atoms with van der Waals surface area (Å²) in [4.78, 5) is 12.5. The molecule has 0 aliphatic carbocycles.